The summed E-state index contributed by atoms with van der Waals surface area (Å²) in [7, 11) is 0. The average molecular weight is 747 g/mol. The van der Waals surface area contributed by atoms with Crippen LogP contribution in [0.25, 0.3) is 0 Å². The van der Waals surface area contributed by atoms with Gasteiger partial charge in [0.1, 0.15) is 11.8 Å². The number of nitrogens with one attached hydrogen (secondary N) is 1. The summed E-state index contributed by atoms with van der Waals surface area (Å²) in [6.45, 7) is 1.60. The summed E-state index contributed by atoms with van der Waals surface area (Å²) in [5.41, 5.74) is 1.77. The zero-order chi connectivity index (χ0) is 32.0. The number of thioether (sulfide) groups is 1. The van der Waals surface area contributed by atoms with Crippen molar-refractivity contribution in [1.29, 1.82) is 0 Å². The van der Waals surface area contributed by atoms with Gasteiger partial charge in [-0.05, 0) is 67.1 Å². The molecule has 4 aromatic rings. The van der Waals surface area contributed by atoms with Gasteiger partial charge in [0, 0.05) is 21.0 Å². The van der Waals surface area contributed by atoms with E-state index in [0.29, 0.717) is 31.9 Å². The molecule has 3 amide bonds. The Morgan fingerprint density at radius 1 is 0.978 bits per heavy atom. The van der Waals surface area contributed by atoms with Gasteiger partial charge in [-0.25, -0.2) is 9.69 Å². The number of rotatable bonds is 7. The highest BCUT2D eigenvalue weighted by Crippen LogP contribution is 2.54. The number of hydrogen-bond donors (Lipinski definition) is 1. The number of fused-ring (bicyclic) bond motifs is 2. The zero-order valence-electron chi connectivity index (χ0n) is 23.3. The summed E-state index contributed by atoms with van der Waals surface area (Å²) in [5.74, 6) is -3.29. The first-order valence-corrected chi connectivity index (χ1v) is 16.9. The molecule has 3 atom stereocenters. The third kappa shape index (κ3) is 5.97. The van der Waals surface area contributed by atoms with Gasteiger partial charge in [-0.15, -0.1) is 0 Å². The number of halogens is 3. The Bertz CT molecular complexity index is 1930. The number of ether oxygens (including phenoxy) is 1. The van der Waals surface area contributed by atoms with Gasteiger partial charge in [0.2, 0.25) is 17.7 Å². The molecule has 9 nitrogen and oxygen atoms in total. The molecule has 3 unspecified atom stereocenters. The van der Waals surface area contributed by atoms with Gasteiger partial charge in [0.05, 0.1) is 38.8 Å². The van der Waals surface area contributed by atoms with E-state index in [2.05, 4.69) is 21.2 Å². The fraction of sp³-hybridized carbons (Fsp3) is 0.194. The maximum atomic E-state index is 14.1. The number of thiazole rings is 1. The van der Waals surface area contributed by atoms with Crippen molar-refractivity contribution in [3.8, 4) is 0 Å². The molecule has 230 valence electrons. The SMILES string of the molecule is CCOC(=O)c1ccc(N2C(=O)C3Sc4c(sc(=O)n4CC(=O)Nc4ccc(Cl)c(Cl)c4)C(c4cccc(Br)c4)C3C2=O)cc1. The lowest BCUT2D eigenvalue weighted by Gasteiger charge is -2.30. The lowest BCUT2D eigenvalue weighted by atomic mass is 9.83. The average Bonchev–Trinajstić information content (AvgIpc) is 3.45. The first-order valence-electron chi connectivity index (χ1n) is 13.6. The minimum Gasteiger partial charge on any atom is -0.462 e. The van der Waals surface area contributed by atoms with Crippen LogP contribution in [-0.2, 0) is 25.7 Å². The fourth-order valence-corrected chi connectivity index (χ4v) is 8.94. The number of imide groups is 1. The monoisotopic (exact) mass is 745 g/mol. The molecule has 0 aliphatic carbocycles. The van der Waals surface area contributed by atoms with Crippen molar-refractivity contribution < 1.29 is 23.9 Å². The quantitative estimate of drug-likeness (QED) is 0.168. The van der Waals surface area contributed by atoms with Crippen molar-refractivity contribution in [2.75, 3.05) is 16.8 Å². The topological polar surface area (TPSA) is 115 Å². The van der Waals surface area contributed by atoms with E-state index < -0.39 is 40.8 Å². The summed E-state index contributed by atoms with van der Waals surface area (Å²) >= 11 is 17.6. The second-order valence-corrected chi connectivity index (χ2v) is 14.0. The number of benzene rings is 3. The molecule has 1 N–H and O–H groups in total. The Balaban J connectivity index is 1.37. The van der Waals surface area contributed by atoms with E-state index in [0.717, 1.165) is 38.0 Å². The van der Waals surface area contributed by atoms with E-state index in [4.69, 9.17) is 27.9 Å². The minimum absolute atomic E-state index is 0.216. The summed E-state index contributed by atoms with van der Waals surface area (Å²) in [6, 6.07) is 18.1. The molecule has 3 aromatic carbocycles. The van der Waals surface area contributed by atoms with E-state index >= 15 is 0 Å². The van der Waals surface area contributed by atoms with Gasteiger partial charge in [0.25, 0.3) is 0 Å². The summed E-state index contributed by atoms with van der Waals surface area (Å²) in [4.78, 5) is 68.0. The standard InChI is InChI=1S/C31H22BrCl2N3O6S2/c1-2-43-30(41)15-6-9-19(10-7-15)37-27(39)24-23(16-4-3-5-17(32)12-16)26-29(44-25(24)28(37)40)36(31(42)45-26)14-22(38)35-18-8-11-20(33)21(34)13-18/h3-13,23-25H,2,14H2,1H3,(H,35,38). The highest BCUT2D eigenvalue weighted by molar-refractivity contribution is 9.10. The largest absolute Gasteiger partial charge is 0.462 e. The molecule has 1 fully saturated rings. The first-order chi connectivity index (χ1) is 21.6. The predicted octanol–water partition coefficient (Wildman–Crippen LogP) is 6.59. The molecule has 0 bridgehead atoms. The molecule has 3 heterocycles. The van der Waals surface area contributed by atoms with Crippen LogP contribution < -0.4 is 15.1 Å². The maximum absolute atomic E-state index is 14.1. The number of anilines is 2. The molecule has 6 rings (SSSR count). The Hall–Kier alpha value is -3.42. The van der Waals surface area contributed by atoms with Crippen LogP contribution in [0.3, 0.4) is 0 Å². The number of carbonyl (C=O) groups excluding carboxylic acids is 4. The Morgan fingerprint density at radius 3 is 2.42 bits per heavy atom. The number of nitrogens with zero attached hydrogens (tertiary/aromatic N) is 2. The van der Waals surface area contributed by atoms with E-state index in [1.807, 2.05) is 24.3 Å². The molecule has 1 saturated heterocycles. The van der Waals surface area contributed by atoms with Crippen molar-refractivity contribution in [3.05, 3.63) is 107 Å². The third-order valence-corrected chi connectivity index (χ3v) is 11.2. The number of esters is 1. The van der Waals surface area contributed by atoms with E-state index in [1.165, 1.54) is 34.9 Å². The molecule has 14 heteroatoms. The normalized spacial score (nSPS) is 18.8. The van der Waals surface area contributed by atoms with E-state index in [1.54, 1.807) is 19.1 Å². The van der Waals surface area contributed by atoms with Crippen LogP contribution in [0.4, 0.5) is 11.4 Å². The number of carbonyl (C=O) groups is 4. The molecule has 0 radical (unpaired) electrons. The van der Waals surface area contributed by atoms with Gasteiger partial charge in [-0.3, -0.25) is 23.7 Å². The lowest BCUT2D eigenvalue weighted by Crippen LogP contribution is -2.33. The minimum atomic E-state index is -0.864. The molecular formula is C31H22BrCl2N3O6S2. The highest BCUT2D eigenvalue weighted by atomic mass is 79.9. The van der Waals surface area contributed by atoms with Crippen LogP contribution in [0.15, 0.2) is 81.0 Å². The van der Waals surface area contributed by atoms with Crippen LogP contribution in [0, 0.1) is 5.92 Å². The molecule has 2 aliphatic rings. The van der Waals surface area contributed by atoms with Gasteiger partial charge in [-0.2, -0.15) is 0 Å². The summed E-state index contributed by atoms with van der Waals surface area (Å²) in [5, 5.41) is 2.93. The number of hydrogen-bond acceptors (Lipinski definition) is 8. The van der Waals surface area contributed by atoms with Crippen molar-refractivity contribution >= 4 is 97.3 Å². The second-order valence-electron chi connectivity index (χ2n) is 10.2. The smallest absolute Gasteiger partial charge is 0.338 e. The fourth-order valence-electron chi connectivity index (χ4n) is 5.45. The number of aromatic nitrogens is 1. The van der Waals surface area contributed by atoms with Gasteiger partial charge in [0.15, 0.2) is 0 Å². The summed E-state index contributed by atoms with van der Waals surface area (Å²) < 4.78 is 7.15. The van der Waals surface area contributed by atoms with E-state index in [-0.39, 0.29) is 23.0 Å². The Kier molecular flexibility index (Phi) is 8.95. The maximum Gasteiger partial charge on any atom is 0.338 e. The molecular weight excluding hydrogens is 725 g/mol. The van der Waals surface area contributed by atoms with Crippen LogP contribution in [0.5, 0.6) is 0 Å². The Labute approximate surface area is 283 Å². The van der Waals surface area contributed by atoms with Gasteiger partial charge >= 0.3 is 10.8 Å². The third-order valence-electron chi connectivity index (χ3n) is 7.40. The van der Waals surface area contributed by atoms with Crippen molar-refractivity contribution in [3.63, 3.8) is 0 Å². The first kappa shape index (κ1) is 31.6. The second kappa shape index (κ2) is 12.8. The van der Waals surface area contributed by atoms with E-state index in [9.17, 15) is 24.0 Å². The Morgan fingerprint density at radius 2 is 1.73 bits per heavy atom. The molecule has 0 saturated carbocycles. The highest BCUT2D eigenvalue weighted by Gasteiger charge is 2.56. The molecule has 2 aliphatic heterocycles. The van der Waals surface area contributed by atoms with Crippen LogP contribution in [-0.4, -0.2) is 40.1 Å². The lowest BCUT2D eigenvalue weighted by molar-refractivity contribution is -0.122. The van der Waals surface area contributed by atoms with Gasteiger partial charge in [-0.1, -0.05) is 74.4 Å². The van der Waals surface area contributed by atoms with Gasteiger partial charge < -0.3 is 10.1 Å². The van der Waals surface area contributed by atoms with Crippen molar-refractivity contribution in [1.82, 2.24) is 4.57 Å². The van der Waals surface area contributed by atoms with Crippen LogP contribution in [0.2, 0.25) is 10.0 Å². The number of amides is 3. The summed E-state index contributed by atoms with van der Waals surface area (Å²) in [6.07, 6.45) is 0. The molecule has 0 spiro atoms. The van der Waals surface area contributed by atoms with Crippen molar-refractivity contribution in [2.24, 2.45) is 5.92 Å². The predicted molar refractivity (Wildman–Crippen MR) is 178 cm³/mol. The van der Waals surface area contributed by atoms with Crippen LogP contribution in [0.1, 0.15) is 33.6 Å². The van der Waals surface area contributed by atoms with Crippen LogP contribution >= 0.6 is 62.2 Å². The molecule has 1 aromatic heterocycles. The zero-order valence-corrected chi connectivity index (χ0v) is 28.0. The van der Waals surface area contributed by atoms with Crippen molar-refractivity contribution in [2.45, 2.75) is 29.7 Å². The molecule has 45 heavy (non-hydrogen) atoms.